The van der Waals surface area contributed by atoms with Crippen LogP contribution < -0.4 is 9.64 Å². The van der Waals surface area contributed by atoms with Crippen molar-refractivity contribution in [1.29, 1.82) is 0 Å². The highest BCUT2D eigenvalue weighted by molar-refractivity contribution is 5.94. The molecule has 2 aromatic rings. The van der Waals surface area contributed by atoms with Gasteiger partial charge in [0.25, 0.3) is 0 Å². The smallest absolute Gasteiger partial charge is 0.342 e. The van der Waals surface area contributed by atoms with Crippen LogP contribution in [-0.2, 0) is 11.3 Å². The third-order valence-corrected chi connectivity index (χ3v) is 5.42. The number of hydrogen-bond acceptors (Lipinski definition) is 6. The molecule has 31 heavy (non-hydrogen) atoms. The number of hydrogen-bond donors (Lipinski definition) is 0. The molecule has 0 aliphatic carbocycles. The summed E-state index contributed by atoms with van der Waals surface area (Å²) in [6, 6.07) is 12.4. The Bertz CT molecular complexity index is 851. The molecule has 0 radical (unpaired) electrons. The molecule has 1 aliphatic heterocycles. The molecule has 0 spiro atoms. The van der Waals surface area contributed by atoms with Crippen LogP contribution in [-0.4, -0.2) is 53.7 Å². The molecule has 168 valence electrons. The zero-order valence-corrected chi connectivity index (χ0v) is 19.4. The van der Waals surface area contributed by atoms with E-state index < -0.39 is 0 Å². The van der Waals surface area contributed by atoms with E-state index in [9.17, 15) is 4.79 Å². The lowest BCUT2D eigenvalue weighted by atomic mass is 10.1. The summed E-state index contributed by atoms with van der Waals surface area (Å²) >= 11 is 0. The van der Waals surface area contributed by atoms with E-state index in [0.29, 0.717) is 11.6 Å². The van der Waals surface area contributed by atoms with Gasteiger partial charge in [0, 0.05) is 31.9 Å². The minimum atomic E-state index is -0.308. The molecule has 0 unspecified atom stereocenters. The first-order valence-electron chi connectivity index (χ1n) is 11.3. The Hall–Kier alpha value is -2.60. The third kappa shape index (κ3) is 6.20. The number of esters is 1. The molecule has 0 amide bonds. The SMILES string of the molecule is CCN(Cc1ccc(OC(C)C)cc1)[C@@H]1CCN(c2ncccc2C(=O)OC(C)C)C1. The Kier molecular flexibility index (Phi) is 7.91. The van der Waals surface area contributed by atoms with Crippen LogP contribution in [0.25, 0.3) is 0 Å². The molecular weight excluding hydrogens is 390 g/mol. The molecule has 6 nitrogen and oxygen atoms in total. The zero-order valence-electron chi connectivity index (χ0n) is 19.4. The van der Waals surface area contributed by atoms with Crippen LogP contribution in [0.4, 0.5) is 5.82 Å². The molecule has 1 atom stereocenters. The van der Waals surface area contributed by atoms with Crippen LogP contribution in [0.2, 0.25) is 0 Å². The second kappa shape index (κ2) is 10.6. The Morgan fingerprint density at radius 1 is 1.16 bits per heavy atom. The molecule has 2 heterocycles. The zero-order chi connectivity index (χ0) is 22.4. The van der Waals surface area contributed by atoms with Crippen molar-refractivity contribution in [3.05, 3.63) is 53.7 Å². The first-order valence-corrected chi connectivity index (χ1v) is 11.3. The first kappa shape index (κ1) is 23.1. The maximum absolute atomic E-state index is 12.5. The van der Waals surface area contributed by atoms with Crippen molar-refractivity contribution in [2.75, 3.05) is 24.5 Å². The lowest BCUT2D eigenvalue weighted by molar-refractivity contribution is 0.0378. The van der Waals surface area contributed by atoms with Gasteiger partial charge in [0.05, 0.1) is 12.2 Å². The number of nitrogens with zero attached hydrogens (tertiary/aromatic N) is 3. The second-order valence-corrected chi connectivity index (χ2v) is 8.59. The van der Waals surface area contributed by atoms with Gasteiger partial charge in [-0.3, -0.25) is 4.90 Å². The summed E-state index contributed by atoms with van der Waals surface area (Å²) in [5, 5.41) is 0. The molecule has 6 heteroatoms. The van der Waals surface area contributed by atoms with Crippen molar-refractivity contribution < 1.29 is 14.3 Å². The molecule has 1 aliphatic rings. The summed E-state index contributed by atoms with van der Waals surface area (Å²) in [5.41, 5.74) is 1.82. The molecule has 1 aromatic carbocycles. The fraction of sp³-hybridized carbons (Fsp3) is 0.520. The number of pyridine rings is 1. The first-order chi connectivity index (χ1) is 14.9. The van der Waals surface area contributed by atoms with Crippen LogP contribution in [0, 0.1) is 0 Å². The average Bonchev–Trinajstić information content (AvgIpc) is 3.22. The van der Waals surface area contributed by atoms with Gasteiger partial charge in [-0.25, -0.2) is 9.78 Å². The van der Waals surface area contributed by atoms with Gasteiger partial charge in [-0.1, -0.05) is 19.1 Å². The van der Waals surface area contributed by atoms with Gasteiger partial charge in [-0.15, -0.1) is 0 Å². The van der Waals surface area contributed by atoms with Crippen LogP contribution in [0.1, 0.15) is 57.0 Å². The van der Waals surface area contributed by atoms with Crippen molar-refractivity contribution in [3.63, 3.8) is 0 Å². The molecule has 3 rings (SSSR count). The van der Waals surface area contributed by atoms with Gasteiger partial charge in [0.1, 0.15) is 17.1 Å². The van der Waals surface area contributed by atoms with E-state index in [2.05, 4.69) is 33.8 Å². The van der Waals surface area contributed by atoms with Gasteiger partial charge < -0.3 is 14.4 Å². The molecule has 1 saturated heterocycles. The van der Waals surface area contributed by atoms with E-state index in [1.807, 2.05) is 39.8 Å². The number of aromatic nitrogens is 1. The van der Waals surface area contributed by atoms with Crippen molar-refractivity contribution in [1.82, 2.24) is 9.88 Å². The summed E-state index contributed by atoms with van der Waals surface area (Å²) in [6.07, 6.45) is 2.81. The van der Waals surface area contributed by atoms with Gasteiger partial charge >= 0.3 is 5.97 Å². The number of benzene rings is 1. The van der Waals surface area contributed by atoms with Crippen molar-refractivity contribution in [2.24, 2.45) is 0 Å². The Balaban J connectivity index is 1.66. The van der Waals surface area contributed by atoms with E-state index in [4.69, 9.17) is 9.47 Å². The molecule has 0 bridgehead atoms. The van der Waals surface area contributed by atoms with E-state index in [1.54, 1.807) is 18.3 Å². The maximum atomic E-state index is 12.5. The van der Waals surface area contributed by atoms with Gasteiger partial charge in [-0.05, 0) is 70.5 Å². The van der Waals surface area contributed by atoms with Crippen LogP contribution in [0.15, 0.2) is 42.6 Å². The van der Waals surface area contributed by atoms with Crippen LogP contribution >= 0.6 is 0 Å². The van der Waals surface area contributed by atoms with Gasteiger partial charge in [0.2, 0.25) is 0 Å². The normalized spacial score (nSPS) is 16.4. The molecule has 0 saturated carbocycles. The maximum Gasteiger partial charge on any atom is 0.342 e. The quantitative estimate of drug-likeness (QED) is 0.550. The summed E-state index contributed by atoms with van der Waals surface area (Å²) in [4.78, 5) is 21.8. The fourth-order valence-corrected chi connectivity index (χ4v) is 4.00. The summed E-state index contributed by atoms with van der Waals surface area (Å²) in [7, 11) is 0. The lowest BCUT2D eigenvalue weighted by Gasteiger charge is -2.28. The lowest BCUT2D eigenvalue weighted by Crippen LogP contribution is -2.37. The van der Waals surface area contributed by atoms with Crippen LogP contribution in [0.3, 0.4) is 0 Å². The Labute approximate surface area is 186 Å². The second-order valence-electron chi connectivity index (χ2n) is 8.59. The van der Waals surface area contributed by atoms with Gasteiger partial charge in [0.15, 0.2) is 0 Å². The molecule has 1 fully saturated rings. The Morgan fingerprint density at radius 3 is 2.55 bits per heavy atom. The van der Waals surface area contributed by atoms with Crippen molar-refractivity contribution >= 4 is 11.8 Å². The largest absolute Gasteiger partial charge is 0.491 e. The standard InChI is InChI=1S/C25H35N3O3/c1-6-27(16-20-9-11-22(12-10-20)30-18(2)3)21-13-15-28(17-21)24-23(8-7-14-26-24)25(29)31-19(4)5/h7-12,14,18-19,21H,6,13,15-17H2,1-5H3/t21-/m1/s1. The highest BCUT2D eigenvalue weighted by atomic mass is 16.5. The fourth-order valence-electron chi connectivity index (χ4n) is 4.00. The predicted molar refractivity (Wildman–Crippen MR) is 124 cm³/mol. The molecular formula is C25H35N3O3. The number of ether oxygens (including phenoxy) is 2. The number of anilines is 1. The number of carbonyl (C=O) groups excluding carboxylic acids is 1. The predicted octanol–water partition coefficient (Wildman–Crippen LogP) is 4.53. The van der Waals surface area contributed by atoms with E-state index >= 15 is 0 Å². The average molecular weight is 426 g/mol. The van der Waals surface area contributed by atoms with E-state index in [-0.39, 0.29) is 18.2 Å². The van der Waals surface area contributed by atoms with Gasteiger partial charge in [-0.2, -0.15) is 0 Å². The van der Waals surface area contributed by atoms with E-state index in [1.165, 1.54) is 5.56 Å². The highest BCUT2D eigenvalue weighted by Crippen LogP contribution is 2.26. The molecule has 0 N–H and O–H groups in total. The minimum absolute atomic E-state index is 0.153. The van der Waals surface area contributed by atoms with Crippen LogP contribution in [0.5, 0.6) is 5.75 Å². The topological polar surface area (TPSA) is 54.9 Å². The van der Waals surface area contributed by atoms with E-state index in [0.717, 1.165) is 44.2 Å². The third-order valence-electron chi connectivity index (χ3n) is 5.42. The summed E-state index contributed by atoms with van der Waals surface area (Å²) in [5.74, 6) is 1.32. The van der Waals surface area contributed by atoms with Crippen molar-refractivity contribution in [3.8, 4) is 5.75 Å². The summed E-state index contributed by atoms with van der Waals surface area (Å²) < 4.78 is 11.2. The van der Waals surface area contributed by atoms with Crippen molar-refractivity contribution in [2.45, 2.75) is 65.8 Å². The number of carbonyl (C=O) groups is 1. The number of rotatable bonds is 9. The monoisotopic (exact) mass is 425 g/mol. The highest BCUT2D eigenvalue weighted by Gasteiger charge is 2.30. The molecule has 1 aromatic heterocycles. The Morgan fingerprint density at radius 2 is 1.90 bits per heavy atom. The number of likely N-dealkylation sites (N-methyl/N-ethyl adjacent to an activating group) is 1. The summed E-state index contributed by atoms with van der Waals surface area (Å²) in [6.45, 7) is 13.6. The minimum Gasteiger partial charge on any atom is -0.491 e.